The van der Waals surface area contributed by atoms with E-state index >= 15 is 0 Å². The quantitative estimate of drug-likeness (QED) is 0.188. The molecule has 2 amide bonds. The highest BCUT2D eigenvalue weighted by atomic mass is 16.4. The number of carboxylic acid groups (broad SMARTS) is 1. The Morgan fingerprint density at radius 2 is 1.81 bits per heavy atom. The van der Waals surface area contributed by atoms with E-state index in [2.05, 4.69) is 16.0 Å². The maximum atomic E-state index is 12.5. The molecule has 0 heterocycles. The van der Waals surface area contributed by atoms with Crippen LogP contribution in [-0.4, -0.2) is 47.5 Å². The van der Waals surface area contributed by atoms with E-state index in [4.69, 9.17) is 11.1 Å². The van der Waals surface area contributed by atoms with E-state index in [9.17, 15) is 19.5 Å². The third-order valence-corrected chi connectivity index (χ3v) is 3.58. The molecule has 1 aromatic rings. The number of hydrogen-bond acceptors (Lipinski definition) is 4. The van der Waals surface area contributed by atoms with Crippen molar-refractivity contribution in [2.45, 2.75) is 38.3 Å². The van der Waals surface area contributed by atoms with Gasteiger partial charge in [0.25, 0.3) is 0 Å². The molecule has 0 saturated carbocycles. The normalized spacial score (nSPS) is 12.5. The molecule has 0 radical (unpaired) electrons. The predicted molar refractivity (Wildman–Crippen MR) is 96.5 cm³/mol. The Balaban J connectivity index is 2.69. The Hall–Kier alpha value is -3.10. The molecule has 9 nitrogen and oxygen atoms in total. The zero-order valence-corrected chi connectivity index (χ0v) is 14.6. The Morgan fingerprint density at radius 3 is 2.35 bits per heavy atom. The first kappa shape index (κ1) is 20.9. The second-order valence-electron chi connectivity index (χ2n) is 5.82. The lowest BCUT2D eigenvalue weighted by Crippen LogP contribution is -2.52. The lowest BCUT2D eigenvalue weighted by Gasteiger charge is -2.21. The van der Waals surface area contributed by atoms with Crippen molar-refractivity contribution < 1.29 is 19.5 Å². The summed E-state index contributed by atoms with van der Waals surface area (Å²) >= 11 is 0. The summed E-state index contributed by atoms with van der Waals surface area (Å²) in [5.41, 5.74) is 6.00. The van der Waals surface area contributed by atoms with Crippen LogP contribution in [0.3, 0.4) is 0 Å². The molecule has 0 fully saturated rings. The summed E-state index contributed by atoms with van der Waals surface area (Å²) in [6, 6.07) is 7.16. The molecule has 0 aliphatic heterocycles. The Morgan fingerprint density at radius 1 is 1.15 bits per heavy atom. The molecule has 9 heteroatoms. The average Bonchev–Trinajstić information content (AvgIpc) is 2.57. The minimum absolute atomic E-state index is 0.166. The van der Waals surface area contributed by atoms with Gasteiger partial charge in [0, 0.05) is 19.9 Å². The fourth-order valence-corrected chi connectivity index (χ4v) is 2.36. The molecule has 2 unspecified atom stereocenters. The topological polar surface area (TPSA) is 157 Å². The van der Waals surface area contributed by atoms with Gasteiger partial charge in [0.05, 0.1) is 0 Å². The van der Waals surface area contributed by atoms with E-state index in [0.717, 1.165) is 5.56 Å². The van der Waals surface area contributed by atoms with E-state index in [1.165, 1.54) is 6.92 Å². The van der Waals surface area contributed by atoms with Crippen molar-refractivity contribution in [3.8, 4) is 0 Å². The number of hydrogen-bond donors (Lipinski definition) is 6. The highest BCUT2D eigenvalue weighted by Crippen LogP contribution is 2.05. The van der Waals surface area contributed by atoms with Crippen LogP contribution in [0.1, 0.15) is 25.3 Å². The number of amides is 2. The number of carbonyl (C=O) groups excluding carboxylic acids is 2. The van der Waals surface area contributed by atoms with E-state index in [-0.39, 0.29) is 24.7 Å². The standard InChI is InChI=1S/C17H25N5O4/c1-11(23)21-14(10-12-6-3-2-4-7-12)15(24)22-13(16(25)26)8-5-9-20-17(18)19/h2-4,6-7,13-14H,5,8-10H2,1H3,(H,21,23)(H,22,24)(H,25,26)(H4,18,19,20). The van der Waals surface area contributed by atoms with Crippen LogP contribution in [0.15, 0.2) is 30.3 Å². The van der Waals surface area contributed by atoms with Gasteiger partial charge in [-0.1, -0.05) is 30.3 Å². The lowest BCUT2D eigenvalue weighted by atomic mass is 10.0. The van der Waals surface area contributed by atoms with Crippen molar-refractivity contribution in [1.82, 2.24) is 16.0 Å². The minimum atomic E-state index is -1.16. The van der Waals surface area contributed by atoms with Crippen molar-refractivity contribution in [2.24, 2.45) is 5.73 Å². The van der Waals surface area contributed by atoms with Gasteiger partial charge < -0.3 is 26.8 Å². The number of guanidine groups is 1. The molecule has 0 aliphatic carbocycles. The van der Waals surface area contributed by atoms with Gasteiger partial charge in [-0.3, -0.25) is 15.0 Å². The van der Waals surface area contributed by atoms with Crippen LogP contribution in [0.5, 0.6) is 0 Å². The van der Waals surface area contributed by atoms with E-state index in [0.29, 0.717) is 13.0 Å². The molecular formula is C17H25N5O4. The molecule has 2 atom stereocenters. The maximum Gasteiger partial charge on any atom is 0.326 e. The molecule has 0 aliphatic rings. The van der Waals surface area contributed by atoms with Crippen molar-refractivity contribution in [3.05, 3.63) is 35.9 Å². The Kier molecular flexibility index (Phi) is 8.62. The van der Waals surface area contributed by atoms with Crippen LogP contribution in [0.25, 0.3) is 0 Å². The first-order valence-corrected chi connectivity index (χ1v) is 8.21. The molecular weight excluding hydrogens is 338 g/mol. The number of carboxylic acids is 1. The number of nitrogens with two attached hydrogens (primary N) is 1. The SMILES string of the molecule is CC(=O)NC(Cc1ccccc1)C(=O)NC(CCCNC(=N)N)C(=O)O. The molecule has 0 aromatic heterocycles. The number of benzene rings is 1. The first-order valence-electron chi connectivity index (χ1n) is 8.21. The predicted octanol–water partition coefficient (Wildman–Crippen LogP) is -0.434. The zero-order chi connectivity index (χ0) is 19.5. The van der Waals surface area contributed by atoms with E-state index < -0.39 is 24.0 Å². The number of carbonyl (C=O) groups is 3. The summed E-state index contributed by atoms with van der Waals surface area (Å²) in [5.74, 6) is -2.30. The molecule has 0 spiro atoms. The van der Waals surface area contributed by atoms with Gasteiger partial charge in [-0.2, -0.15) is 0 Å². The third kappa shape index (κ3) is 8.13. The smallest absolute Gasteiger partial charge is 0.326 e. The van der Waals surface area contributed by atoms with Gasteiger partial charge in [-0.25, -0.2) is 4.79 Å². The molecule has 1 rings (SSSR count). The summed E-state index contributed by atoms with van der Waals surface area (Å²) in [7, 11) is 0. The molecule has 142 valence electrons. The van der Waals surface area contributed by atoms with Gasteiger partial charge in [0.15, 0.2) is 5.96 Å². The summed E-state index contributed by atoms with van der Waals surface area (Å²) in [5, 5.41) is 23.9. The molecule has 7 N–H and O–H groups in total. The maximum absolute atomic E-state index is 12.5. The fourth-order valence-electron chi connectivity index (χ4n) is 2.36. The van der Waals surface area contributed by atoms with Crippen LogP contribution in [0, 0.1) is 5.41 Å². The number of aliphatic carboxylic acids is 1. The van der Waals surface area contributed by atoms with Crippen LogP contribution in [0.2, 0.25) is 0 Å². The van der Waals surface area contributed by atoms with Gasteiger partial charge in [0.2, 0.25) is 11.8 Å². The molecule has 0 bridgehead atoms. The fraction of sp³-hybridized carbons (Fsp3) is 0.412. The summed E-state index contributed by atoms with van der Waals surface area (Å²) in [6.07, 6.45) is 0.824. The highest BCUT2D eigenvalue weighted by molar-refractivity contribution is 5.90. The van der Waals surface area contributed by atoms with Crippen molar-refractivity contribution in [3.63, 3.8) is 0 Å². The second kappa shape index (κ2) is 10.7. The minimum Gasteiger partial charge on any atom is -0.480 e. The monoisotopic (exact) mass is 363 g/mol. The van der Waals surface area contributed by atoms with Crippen molar-refractivity contribution in [1.29, 1.82) is 5.41 Å². The van der Waals surface area contributed by atoms with Crippen LogP contribution >= 0.6 is 0 Å². The largest absolute Gasteiger partial charge is 0.480 e. The molecule has 1 aromatic carbocycles. The van der Waals surface area contributed by atoms with Gasteiger partial charge >= 0.3 is 5.97 Å². The average molecular weight is 363 g/mol. The Labute approximate surface area is 151 Å². The van der Waals surface area contributed by atoms with Gasteiger partial charge in [-0.15, -0.1) is 0 Å². The van der Waals surface area contributed by atoms with E-state index in [1.54, 1.807) is 0 Å². The number of rotatable bonds is 10. The Bertz CT molecular complexity index is 635. The lowest BCUT2D eigenvalue weighted by molar-refractivity contribution is -0.142. The van der Waals surface area contributed by atoms with Crippen molar-refractivity contribution >= 4 is 23.7 Å². The van der Waals surface area contributed by atoms with Gasteiger partial charge in [0.1, 0.15) is 12.1 Å². The third-order valence-electron chi connectivity index (χ3n) is 3.58. The number of nitrogens with one attached hydrogen (secondary N) is 4. The molecule has 26 heavy (non-hydrogen) atoms. The zero-order valence-electron chi connectivity index (χ0n) is 14.6. The molecule has 0 saturated heterocycles. The highest BCUT2D eigenvalue weighted by Gasteiger charge is 2.25. The summed E-state index contributed by atoms with van der Waals surface area (Å²) in [6.45, 7) is 1.63. The van der Waals surface area contributed by atoms with Gasteiger partial charge in [-0.05, 0) is 18.4 Å². The van der Waals surface area contributed by atoms with E-state index in [1.807, 2.05) is 30.3 Å². The van der Waals surface area contributed by atoms with Crippen LogP contribution in [0.4, 0.5) is 0 Å². The van der Waals surface area contributed by atoms with Crippen LogP contribution in [-0.2, 0) is 20.8 Å². The first-order chi connectivity index (χ1) is 12.3. The second-order valence-corrected chi connectivity index (χ2v) is 5.82. The summed E-state index contributed by atoms with van der Waals surface area (Å²) < 4.78 is 0. The van der Waals surface area contributed by atoms with Crippen LogP contribution < -0.4 is 21.7 Å². The van der Waals surface area contributed by atoms with Crippen molar-refractivity contribution in [2.75, 3.05) is 6.54 Å². The summed E-state index contributed by atoms with van der Waals surface area (Å²) in [4.78, 5) is 35.3.